The van der Waals surface area contributed by atoms with Crippen molar-refractivity contribution in [3.63, 3.8) is 0 Å². The number of aromatic nitrogens is 1. The Kier molecular flexibility index (Phi) is 3.92. The van der Waals surface area contributed by atoms with E-state index in [4.69, 9.17) is 4.52 Å². The quantitative estimate of drug-likeness (QED) is 0.636. The number of hydrogen-bond acceptors (Lipinski definition) is 3. The SMILES string of the molecule is Cc1ccc(-c2c(C)noc2C)cc1Cc1ccc(C2(C#N)CC2)cc1. The number of benzene rings is 2. The molecule has 0 radical (unpaired) electrons. The first-order valence-corrected chi connectivity index (χ1v) is 9.06. The zero-order valence-corrected chi connectivity index (χ0v) is 15.5. The lowest BCUT2D eigenvalue weighted by atomic mass is 9.92. The van der Waals surface area contributed by atoms with Gasteiger partial charge in [-0.25, -0.2) is 0 Å². The van der Waals surface area contributed by atoms with E-state index in [9.17, 15) is 5.26 Å². The zero-order valence-electron chi connectivity index (χ0n) is 15.5. The smallest absolute Gasteiger partial charge is 0.141 e. The van der Waals surface area contributed by atoms with Crippen molar-refractivity contribution in [3.8, 4) is 17.2 Å². The predicted octanol–water partition coefficient (Wildman–Crippen LogP) is 5.41. The highest BCUT2D eigenvalue weighted by atomic mass is 16.5. The number of nitriles is 1. The predicted molar refractivity (Wildman–Crippen MR) is 102 cm³/mol. The minimum atomic E-state index is -0.211. The Morgan fingerprint density at radius 3 is 2.38 bits per heavy atom. The van der Waals surface area contributed by atoms with Gasteiger partial charge in [0.05, 0.1) is 17.2 Å². The maximum atomic E-state index is 9.35. The van der Waals surface area contributed by atoms with Crippen molar-refractivity contribution in [3.05, 3.63) is 76.2 Å². The van der Waals surface area contributed by atoms with E-state index in [0.29, 0.717) is 0 Å². The number of hydrogen-bond donors (Lipinski definition) is 0. The monoisotopic (exact) mass is 342 g/mol. The van der Waals surface area contributed by atoms with Crippen LogP contribution in [0.5, 0.6) is 0 Å². The molecule has 0 N–H and O–H groups in total. The normalized spacial score (nSPS) is 14.8. The van der Waals surface area contributed by atoms with Crippen molar-refractivity contribution >= 4 is 0 Å². The molecule has 1 aliphatic carbocycles. The van der Waals surface area contributed by atoms with Crippen molar-refractivity contribution in [2.75, 3.05) is 0 Å². The van der Waals surface area contributed by atoms with Gasteiger partial charge in [0.1, 0.15) is 5.76 Å². The van der Waals surface area contributed by atoms with E-state index in [2.05, 4.69) is 60.6 Å². The van der Waals surface area contributed by atoms with Crippen LogP contribution in [0, 0.1) is 32.1 Å². The second-order valence-corrected chi connectivity index (χ2v) is 7.41. The maximum Gasteiger partial charge on any atom is 0.141 e. The van der Waals surface area contributed by atoms with Gasteiger partial charge in [-0.15, -0.1) is 0 Å². The molecule has 3 heteroatoms. The molecule has 1 saturated carbocycles. The Morgan fingerprint density at radius 1 is 1.08 bits per heavy atom. The van der Waals surface area contributed by atoms with Gasteiger partial charge in [0.15, 0.2) is 0 Å². The zero-order chi connectivity index (χ0) is 18.3. The fourth-order valence-electron chi connectivity index (χ4n) is 3.66. The largest absolute Gasteiger partial charge is 0.361 e. The van der Waals surface area contributed by atoms with Gasteiger partial charge in [-0.1, -0.05) is 47.6 Å². The summed E-state index contributed by atoms with van der Waals surface area (Å²) in [6.07, 6.45) is 2.85. The second-order valence-electron chi connectivity index (χ2n) is 7.41. The minimum absolute atomic E-state index is 0.211. The molecule has 4 rings (SSSR count). The Bertz CT molecular complexity index is 982. The molecule has 0 amide bonds. The van der Waals surface area contributed by atoms with Crippen LogP contribution in [0.25, 0.3) is 11.1 Å². The molecule has 1 aromatic heterocycles. The van der Waals surface area contributed by atoms with Crippen LogP contribution in [0.2, 0.25) is 0 Å². The molecule has 3 nitrogen and oxygen atoms in total. The molecule has 1 heterocycles. The van der Waals surface area contributed by atoms with E-state index in [1.807, 2.05) is 13.8 Å². The highest BCUT2D eigenvalue weighted by molar-refractivity contribution is 5.69. The lowest BCUT2D eigenvalue weighted by molar-refractivity contribution is 0.393. The summed E-state index contributed by atoms with van der Waals surface area (Å²) in [4.78, 5) is 0. The fourth-order valence-corrected chi connectivity index (χ4v) is 3.66. The highest BCUT2D eigenvalue weighted by Crippen LogP contribution is 2.47. The van der Waals surface area contributed by atoms with E-state index in [1.54, 1.807) is 0 Å². The molecule has 0 spiro atoms. The molecule has 1 fully saturated rings. The van der Waals surface area contributed by atoms with Gasteiger partial charge in [-0.05, 0) is 67.9 Å². The van der Waals surface area contributed by atoms with Gasteiger partial charge in [-0.2, -0.15) is 5.26 Å². The van der Waals surface area contributed by atoms with Gasteiger partial charge in [0.25, 0.3) is 0 Å². The topological polar surface area (TPSA) is 49.8 Å². The summed E-state index contributed by atoms with van der Waals surface area (Å²) in [5, 5.41) is 13.4. The van der Waals surface area contributed by atoms with Gasteiger partial charge in [-0.3, -0.25) is 0 Å². The lowest BCUT2D eigenvalue weighted by Gasteiger charge is -2.11. The van der Waals surface area contributed by atoms with Crippen LogP contribution >= 0.6 is 0 Å². The van der Waals surface area contributed by atoms with Gasteiger partial charge in [0, 0.05) is 5.56 Å². The Balaban J connectivity index is 1.62. The van der Waals surface area contributed by atoms with E-state index >= 15 is 0 Å². The van der Waals surface area contributed by atoms with Crippen molar-refractivity contribution in [2.24, 2.45) is 0 Å². The van der Waals surface area contributed by atoms with Crippen LogP contribution in [-0.2, 0) is 11.8 Å². The number of aryl methyl sites for hydroxylation is 3. The van der Waals surface area contributed by atoms with E-state index in [1.165, 1.54) is 16.7 Å². The summed E-state index contributed by atoms with van der Waals surface area (Å²) >= 11 is 0. The van der Waals surface area contributed by atoms with Crippen LogP contribution in [0.4, 0.5) is 0 Å². The van der Waals surface area contributed by atoms with E-state index in [0.717, 1.165) is 47.4 Å². The Morgan fingerprint density at radius 2 is 1.81 bits per heavy atom. The van der Waals surface area contributed by atoms with Crippen LogP contribution < -0.4 is 0 Å². The van der Waals surface area contributed by atoms with Crippen molar-refractivity contribution in [2.45, 2.75) is 45.4 Å². The molecule has 26 heavy (non-hydrogen) atoms. The summed E-state index contributed by atoms with van der Waals surface area (Å²) in [5.41, 5.74) is 7.96. The molecule has 0 unspecified atom stereocenters. The van der Waals surface area contributed by atoms with Crippen molar-refractivity contribution in [1.82, 2.24) is 5.16 Å². The summed E-state index contributed by atoms with van der Waals surface area (Å²) in [6.45, 7) is 6.08. The summed E-state index contributed by atoms with van der Waals surface area (Å²) < 4.78 is 5.32. The van der Waals surface area contributed by atoms with Crippen LogP contribution in [-0.4, -0.2) is 5.16 Å². The molecule has 0 atom stereocenters. The van der Waals surface area contributed by atoms with Crippen LogP contribution in [0.1, 0.15) is 46.5 Å². The molecule has 2 aromatic carbocycles. The molecular formula is C23H22N2O. The van der Waals surface area contributed by atoms with Gasteiger partial charge >= 0.3 is 0 Å². The fraction of sp³-hybridized carbons (Fsp3) is 0.304. The van der Waals surface area contributed by atoms with Crippen LogP contribution in [0.3, 0.4) is 0 Å². The first kappa shape index (κ1) is 16.6. The summed E-state index contributed by atoms with van der Waals surface area (Å²) in [5.74, 6) is 0.855. The van der Waals surface area contributed by atoms with E-state index < -0.39 is 0 Å². The first-order chi connectivity index (χ1) is 12.5. The Hall–Kier alpha value is -2.86. The van der Waals surface area contributed by atoms with E-state index in [-0.39, 0.29) is 5.41 Å². The summed E-state index contributed by atoms with van der Waals surface area (Å²) in [7, 11) is 0. The minimum Gasteiger partial charge on any atom is -0.361 e. The third-order valence-electron chi connectivity index (χ3n) is 5.54. The molecule has 0 saturated heterocycles. The van der Waals surface area contributed by atoms with Gasteiger partial charge < -0.3 is 4.52 Å². The third-order valence-corrected chi connectivity index (χ3v) is 5.54. The van der Waals surface area contributed by atoms with Crippen molar-refractivity contribution < 1.29 is 4.52 Å². The maximum absolute atomic E-state index is 9.35. The lowest BCUT2D eigenvalue weighted by Crippen LogP contribution is -2.02. The second kappa shape index (κ2) is 6.14. The molecule has 1 aliphatic rings. The third kappa shape index (κ3) is 2.82. The molecule has 0 aliphatic heterocycles. The summed E-state index contributed by atoms with van der Waals surface area (Å²) in [6, 6.07) is 17.6. The number of nitrogens with zero attached hydrogens (tertiary/aromatic N) is 2. The average Bonchev–Trinajstić information content (AvgIpc) is 3.38. The molecule has 0 bridgehead atoms. The molecular weight excluding hydrogens is 320 g/mol. The standard InChI is InChI=1S/C23H22N2O/c1-15-4-7-19(22-16(2)25-26-17(22)3)13-20(15)12-18-5-8-21(9-6-18)23(14-24)10-11-23/h4-9,13H,10-12H2,1-3H3. The Labute approximate surface area is 154 Å². The first-order valence-electron chi connectivity index (χ1n) is 9.06. The van der Waals surface area contributed by atoms with Crippen LogP contribution in [0.15, 0.2) is 47.0 Å². The molecule has 130 valence electrons. The highest BCUT2D eigenvalue weighted by Gasteiger charge is 2.44. The van der Waals surface area contributed by atoms with Crippen molar-refractivity contribution in [1.29, 1.82) is 5.26 Å². The molecule has 3 aromatic rings. The number of rotatable bonds is 4. The average molecular weight is 342 g/mol. The van der Waals surface area contributed by atoms with Gasteiger partial charge in [0.2, 0.25) is 0 Å².